The van der Waals surface area contributed by atoms with Gasteiger partial charge in [0.15, 0.2) is 12.5 Å². The molecule has 20 nitrogen and oxygen atoms in total. The van der Waals surface area contributed by atoms with E-state index in [9.17, 15) is 33.4 Å². The Bertz CT molecular complexity index is 1640. The van der Waals surface area contributed by atoms with Crippen molar-refractivity contribution in [2.24, 2.45) is 5.92 Å². The summed E-state index contributed by atoms with van der Waals surface area (Å²) in [5.41, 5.74) is -2.76. The Hall–Kier alpha value is -3.46. The number of phosphoric ester groups is 1. The summed E-state index contributed by atoms with van der Waals surface area (Å²) >= 11 is 0. The summed E-state index contributed by atoms with van der Waals surface area (Å²) in [4.78, 5) is 77.0. The molecule has 4 rings (SSSR count). The topological polar surface area (TPSA) is 244 Å². The van der Waals surface area contributed by atoms with Crippen molar-refractivity contribution in [3.05, 3.63) is 66.2 Å². The van der Waals surface area contributed by atoms with E-state index in [2.05, 4.69) is 19.8 Å². The highest BCUT2D eigenvalue weighted by molar-refractivity contribution is 7.47. The number of carbonyl (C=O) groups excluding carboxylic acids is 1. The molecule has 4 N–H and O–H groups in total. The van der Waals surface area contributed by atoms with Crippen LogP contribution in [-0.2, 0) is 37.3 Å². The minimum Gasteiger partial charge on any atom is -0.382 e. The van der Waals surface area contributed by atoms with Gasteiger partial charge in [-0.25, -0.2) is 18.9 Å². The summed E-state index contributed by atoms with van der Waals surface area (Å²) in [6, 6.07) is 1.65. The highest BCUT2D eigenvalue weighted by Crippen LogP contribution is 2.48. The van der Waals surface area contributed by atoms with E-state index in [4.69, 9.17) is 28.2 Å². The summed E-state index contributed by atoms with van der Waals surface area (Å²) in [7, 11) is 1.93. The van der Waals surface area contributed by atoms with Crippen LogP contribution in [0.2, 0.25) is 0 Å². The summed E-state index contributed by atoms with van der Waals surface area (Å²) in [6.07, 6.45) is -4.66. The molecule has 0 radical (unpaired) electrons. The lowest BCUT2D eigenvalue weighted by molar-refractivity contribution is -0.0666. The van der Waals surface area contributed by atoms with Crippen molar-refractivity contribution in [1.82, 2.24) is 29.3 Å². The fraction of sp³-hybridized carbons (Fsp3) is 0.640. The zero-order valence-corrected chi connectivity index (χ0v) is 26.5. The molecule has 2 saturated heterocycles. The van der Waals surface area contributed by atoms with Gasteiger partial charge in [0, 0.05) is 72.5 Å². The Balaban J connectivity index is 1.51. The number of urea groups is 1. The Morgan fingerprint density at radius 2 is 1.48 bits per heavy atom. The zero-order valence-electron chi connectivity index (χ0n) is 25.6. The van der Waals surface area contributed by atoms with Crippen LogP contribution in [0.5, 0.6) is 0 Å². The molecule has 256 valence electrons. The van der Waals surface area contributed by atoms with E-state index in [1.807, 2.05) is 0 Å². The summed E-state index contributed by atoms with van der Waals surface area (Å²) in [5, 5.41) is 2.78. The maximum absolute atomic E-state index is 13.3. The van der Waals surface area contributed by atoms with E-state index in [1.165, 1.54) is 56.3 Å². The van der Waals surface area contributed by atoms with Crippen LogP contribution in [0.3, 0.4) is 0 Å². The predicted molar refractivity (Wildman–Crippen MR) is 155 cm³/mol. The molecule has 1 unspecified atom stereocenters. The largest absolute Gasteiger partial charge is 0.472 e. The van der Waals surface area contributed by atoms with E-state index < -0.39 is 85.2 Å². The smallest absolute Gasteiger partial charge is 0.382 e. The van der Waals surface area contributed by atoms with Gasteiger partial charge in [-0.05, 0) is 0 Å². The van der Waals surface area contributed by atoms with Gasteiger partial charge in [-0.1, -0.05) is 0 Å². The zero-order chi connectivity index (χ0) is 33.8. The fourth-order valence-electron chi connectivity index (χ4n) is 5.47. The van der Waals surface area contributed by atoms with Crippen molar-refractivity contribution in [2.45, 2.75) is 43.0 Å². The molecule has 2 aromatic rings. The highest BCUT2D eigenvalue weighted by atomic mass is 31.2. The first-order valence-corrected chi connectivity index (χ1v) is 15.4. The molecule has 2 fully saturated rings. The predicted octanol–water partition coefficient (Wildman–Crippen LogP) is -2.05. The van der Waals surface area contributed by atoms with Gasteiger partial charge in [0.25, 0.3) is 11.1 Å². The van der Waals surface area contributed by atoms with Gasteiger partial charge in [-0.15, -0.1) is 0 Å². The first kappa shape index (κ1) is 35.4. The fourth-order valence-corrected chi connectivity index (χ4v) is 6.12. The average Bonchev–Trinajstić information content (AvgIpc) is 3.52. The van der Waals surface area contributed by atoms with Crippen molar-refractivity contribution in [3.63, 3.8) is 0 Å². The molecule has 0 aromatic carbocycles. The summed E-state index contributed by atoms with van der Waals surface area (Å²) in [5.74, 6) is -0.513. The monoisotopic (exact) mass is 676 g/mol. The van der Waals surface area contributed by atoms with Crippen LogP contribution in [0.4, 0.5) is 4.79 Å². The number of aromatic amines is 2. The molecule has 0 aliphatic carbocycles. The van der Waals surface area contributed by atoms with Crippen molar-refractivity contribution in [2.75, 3.05) is 55.2 Å². The highest BCUT2D eigenvalue weighted by Gasteiger charge is 2.51. The van der Waals surface area contributed by atoms with E-state index in [-0.39, 0.29) is 19.7 Å². The number of nitrogens with zero attached hydrogens (tertiary/aromatic N) is 3. The number of nitrogens with one attached hydrogen (secondary N) is 3. The molecular weight excluding hydrogens is 639 g/mol. The number of aromatic nitrogens is 4. The molecule has 46 heavy (non-hydrogen) atoms. The molecular formula is C25H37N6O14P. The molecule has 4 heterocycles. The van der Waals surface area contributed by atoms with Crippen LogP contribution in [0.15, 0.2) is 43.7 Å². The van der Waals surface area contributed by atoms with Crippen molar-refractivity contribution in [1.29, 1.82) is 0 Å². The number of phosphoric acid groups is 1. The van der Waals surface area contributed by atoms with E-state index >= 15 is 0 Å². The number of H-pyrrole nitrogens is 2. The number of hydrogen-bond donors (Lipinski definition) is 4. The van der Waals surface area contributed by atoms with E-state index in [0.29, 0.717) is 0 Å². The minimum absolute atomic E-state index is 0.00136. The Morgan fingerprint density at radius 3 is 1.98 bits per heavy atom. The van der Waals surface area contributed by atoms with Gasteiger partial charge < -0.3 is 38.8 Å². The normalized spacial score (nSPS) is 29.0. The lowest BCUT2D eigenvalue weighted by Gasteiger charge is -2.28. The third-order valence-corrected chi connectivity index (χ3v) is 8.65. The number of rotatable bonds is 13. The van der Waals surface area contributed by atoms with E-state index in [1.54, 1.807) is 0 Å². The Kier molecular flexibility index (Phi) is 11.5. The van der Waals surface area contributed by atoms with Crippen LogP contribution >= 0.6 is 7.82 Å². The maximum atomic E-state index is 13.3. The molecule has 0 spiro atoms. The van der Waals surface area contributed by atoms with Gasteiger partial charge in [-0.3, -0.25) is 37.7 Å². The summed E-state index contributed by atoms with van der Waals surface area (Å²) in [6.45, 7) is -0.119. The maximum Gasteiger partial charge on any atom is 0.472 e. The van der Waals surface area contributed by atoms with Crippen LogP contribution in [-0.4, -0.2) is 121 Å². The lowest BCUT2D eigenvalue weighted by Crippen LogP contribution is -2.48. The minimum atomic E-state index is -4.61. The van der Waals surface area contributed by atoms with Crippen molar-refractivity contribution < 1.29 is 47.0 Å². The van der Waals surface area contributed by atoms with Crippen LogP contribution in [0.1, 0.15) is 12.5 Å². The van der Waals surface area contributed by atoms with Gasteiger partial charge >= 0.3 is 25.2 Å². The molecule has 21 heteroatoms. The number of methoxy groups -OCH3 is 3. The van der Waals surface area contributed by atoms with Gasteiger partial charge in [0.2, 0.25) is 0 Å². The third-order valence-electron chi connectivity index (χ3n) is 7.68. The molecule has 2 aliphatic heterocycles. The molecule has 0 saturated carbocycles. The second kappa shape index (κ2) is 15.0. The molecule has 9 atom stereocenters. The second-order valence-electron chi connectivity index (χ2n) is 10.5. The third kappa shape index (κ3) is 7.73. The second-order valence-corrected chi connectivity index (χ2v) is 12.0. The number of ether oxygens (including phenoxy) is 5. The Labute approximate surface area is 260 Å². The van der Waals surface area contributed by atoms with Crippen LogP contribution in [0, 0.1) is 5.92 Å². The lowest BCUT2D eigenvalue weighted by atomic mass is 9.98. The van der Waals surface area contributed by atoms with Gasteiger partial charge in [0.05, 0.1) is 19.3 Å². The first-order chi connectivity index (χ1) is 21.8. The number of carbonyl (C=O) groups is 1. The van der Waals surface area contributed by atoms with Crippen LogP contribution < -0.4 is 27.8 Å². The number of amides is 2. The number of hydrogen-bond acceptors (Lipinski definition) is 13. The van der Waals surface area contributed by atoms with Gasteiger partial charge in [0.1, 0.15) is 24.4 Å². The first-order valence-electron chi connectivity index (χ1n) is 13.9. The quantitative estimate of drug-likeness (QED) is 0.167. The molecule has 2 aliphatic rings. The summed E-state index contributed by atoms with van der Waals surface area (Å²) < 4.78 is 53.0. The van der Waals surface area contributed by atoms with Crippen molar-refractivity contribution >= 4 is 13.9 Å². The van der Waals surface area contributed by atoms with Crippen molar-refractivity contribution in [3.8, 4) is 0 Å². The standard InChI is InChI=1S/C25H37N6O14P/c1-29(11-14-19(45-46(37,38)42-5)20(41-4)22(43-14)31-9-7-17(33)28-25(31)36)23(34)26-10-13-15(12-39-2)44-21(18(13)40-3)30-8-6-16(32)27-24(30)35/h6-9,13-15,18-22H,10-12H2,1-5H3,(H,26,34)(H,37,38)(H,27,32,35)(H,28,33,36)/t13-,14-,15-,18-,19-,20-,21-,22-/m1/s1. The van der Waals surface area contributed by atoms with Crippen LogP contribution in [0.25, 0.3) is 0 Å². The average molecular weight is 677 g/mol. The SMILES string of the molecule is COC[C@H]1O[C@@H](n2ccc(=O)[nH]c2=O)[C@H](OC)[C@@H]1CNC(=O)N(C)C[C@H]1O[C@@H](n2ccc(=O)[nH]c2=O)[C@H](OC)[C@@H]1OP(=O)(O)OC. The Morgan fingerprint density at radius 1 is 0.935 bits per heavy atom. The molecule has 2 amide bonds. The number of likely N-dealkylation sites (N-methyl/N-ethyl adjacent to an activating group) is 1. The molecule has 2 aromatic heterocycles. The van der Waals surface area contributed by atoms with Gasteiger partial charge in [-0.2, -0.15) is 0 Å². The van der Waals surface area contributed by atoms with E-state index in [0.717, 1.165) is 17.7 Å². The molecule has 0 bridgehead atoms.